The predicted molar refractivity (Wildman–Crippen MR) is 141 cm³/mol. The highest BCUT2D eigenvalue weighted by molar-refractivity contribution is 5.81. The van der Waals surface area contributed by atoms with Crippen LogP contribution in [0.1, 0.15) is 118 Å². The molecule has 1 amide bonds. The third kappa shape index (κ3) is 3.49. The van der Waals surface area contributed by atoms with Crippen LogP contribution in [0.4, 0.5) is 0 Å². The summed E-state index contributed by atoms with van der Waals surface area (Å²) in [5.74, 6) is 1.64. The van der Waals surface area contributed by atoms with E-state index < -0.39 is 5.97 Å². The maximum atomic E-state index is 13.2. The second-order valence-corrected chi connectivity index (χ2v) is 14.9. The molecule has 0 spiro atoms. The smallest absolute Gasteiger partial charge is 0.303 e. The average molecular weight is 502 g/mol. The van der Waals surface area contributed by atoms with Crippen molar-refractivity contribution >= 4 is 11.9 Å². The van der Waals surface area contributed by atoms with Gasteiger partial charge in [-0.3, -0.25) is 9.59 Å². The molecular weight excluding hydrogens is 450 g/mol. The van der Waals surface area contributed by atoms with Crippen LogP contribution in [0.5, 0.6) is 0 Å². The number of rotatable bonds is 4. The van der Waals surface area contributed by atoms with Gasteiger partial charge in [0.15, 0.2) is 0 Å². The van der Waals surface area contributed by atoms with Crippen molar-refractivity contribution in [3.05, 3.63) is 0 Å². The Bertz CT molecular complexity index is 901. The molecule has 1 aliphatic heterocycles. The number of amides is 1. The molecule has 0 bridgehead atoms. The Kier molecular flexibility index (Phi) is 6.41. The summed E-state index contributed by atoms with van der Waals surface area (Å²) >= 11 is 0. The van der Waals surface area contributed by atoms with E-state index in [2.05, 4.69) is 39.5 Å². The fraction of sp³-hybridized carbons (Fsp3) is 0.935. The second-order valence-electron chi connectivity index (χ2n) is 14.9. The van der Waals surface area contributed by atoms with E-state index in [0.717, 1.165) is 31.7 Å². The fourth-order valence-corrected chi connectivity index (χ4v) is 11.7. The highest BCUT2D eigenvalue weighted by atomic mass is 16.4. The van der Waals surface area contributed by atoms with E-state index >= 15 is 0 Å². The van der Waals surface area contributed by atoms with E-state index in [4.69, 9.17) is 5.11 Å². The van der Waals surface area contributed by atoms with Gasteiger partial charge < -0.3 is 15.1 Å². The molecule has 5 heteroatoms. The number of carbonyl (C=O) groups is 2. The van der Waals surface area contributed by atoms with E-state index in [9.17, 15) is 14.7 Å². The number of carboxylic acid groups (broad SMARTS) is 1. The van der Waals surface area contributed by atoms with E-state index in [0.29, 0.717) is 35.2 Å². The van der Waals surface area contributed by atoms with Crippen LogP contribution in [0.25, 0.3) is 0 Å². The molecule has 0 aromatic rings. The minimum atomic E-state index is -0.890. The highest BCUT2D eigenvalue weighted by Gasteiger charge is 2.69. The van der Waals surface area contributed by atoms with E-state index in [1.54, 1.807) is 0 Å². The lowest BCUT2D eigenvalue weighted by molar-refractivity contribution is -0.226. The summed E-state index contributed by atoms with van der Waals surface area (Å²) in [7, 11) is 0. The molecular formula is C31H51NO4. The molecule has 4 aliphatic carbocycles. The summed E-state index contributed by atoms with van der Waals surface area (Å²) in [5, 5.41) is 19.6. The first-order chi connectivity index (χ1) is 16.9. The van der Waals surface area contributed by atoms with Crippen molar-refractivity contribution in [2.75, 3.05) is 13.2 Å². The summed E-state index contributed by atoms with van der Waals surface area (Å²) in [6.45, 7) is 13.5. The van der Waals surface area contributed by atoms with Crippen LogP contribution >= 0.6 is 0 Å². The SMILES string of the molecule is CC12CCCN(C(=O)CCC(=O)O)C(C)(C)C1CCC1(C)C2CCC2C3CCCC3(CO)CC[C@]21C. The molecule has 36 heavy (non-hydrogen) atoms. The lowest BCUT2D eigenvalue weighted by Crippen LogP contribution is -2.66. The number of nitrogens with zero attached hydrogens (tertiary/aromatic N) is 1. The van der Waals surface area contributed by atoms with Gasteiger partial charge in [0, 0.05) is 25.1 Å². The standard InChI is InChI=1S/C31H51NO4/c1-27(2)23-13-16-30(5)24(28(23,3)14-7-19-32(27)25(34)11-12-26(35)36)10-9-21-22-8-6-15-31(22,20-33)18-17-29(21,30)4/h21-24,33H,6-20H2,1-5H3,(H,35,36)/t21?,22?,23?,24?,28?,29-,30?,31?/m1/s1. The minimum Gasteiger partial charge on any atom is -0.481 e. The van der Waals surface area contributed by atoms with E-state index in [1.165, 1.54) is 51.4 Å². The molecule has 2 N–H and O–H groups in total. The lowest BCUT2D eigenvalue weighted by atomic mass is 9.34. The Labute approximate surface area is 218 Å². The molecule has 1 heterocycles. The van der Waals surface area contributed by atoms with Crippen LogP contribution < -0.4 is 0 Å². The van der Waals surface area contributed by atoms with Gasteiger partial charge in [-0.15, -0.1) is 0 Å². The quantitative estimate of drug-likeness (QED) is 0.475. The normalized spacial score (nSPS) is 47.7. The Morgan fingerprint density at radius 3 is 2.22 bits per heavy atom. The summed E-state index contributed by atoms with van der Waals surface area (Å²) in [6.07, 6.45) is 13.4. The average Bonchev–Trinajstić information content (AvgIpc) is 3.21. The fourth-order valence-electron chi connectivity index (χ4n) is 11.7. The molecule has 7 unspecified atom stereocenters. The summed E-state index contributed by atoms with van der Waals surface area (Å²) in [4.78, 5) is 26.5. The number of hydrogen-bond acceptors (Lipinski definition) is 3. The first-order valence-corrected chi connectivity index (χ1v) is 15.0. The summed E-state index contributed by atoms with van der Waals surface area (Å²) in [6, 6.07) is 0. The largest absolute Gasteiger partial charge is 0.481 e. The summed E-state index contributed by atoms with van der Waals surface area (Å²) < 4.78 is 0. The third-order valence-corrected chi connectivity index (χ3v) is 13.6. The number of carbonyl (C=O) groups excluding carboxylic acids is 1. The Hall–Kier alpha value is -1.10. The zero-order valence-electron chi connectivity index (χ0n) is 23.6. The Morgan fingerprint density at radius 2 is 1.53 bits per heavy atom. The first-order valence-electron chi connectivity index (χ1n) is 15.0. The van der Waals surface area contributed by atoms with E-state index in [-0.39, 0.29) is 35.1 Å². The minimum absolute atomic E-state index is 0.0181. The molecule has 5 fully saturated rings. The van der Waals surface area contributed by atoms with Gasteiger partial charge in [0.2, 0.25) is 5.91 Å². The van der Waals surface area contributed by atoms with Crippen LogP contribution in [0.3, 0.4) is 0 Å². The van der Waals surface area contributed by atoms with Gasteiger partial charge in [0.05, 0.1) is 6.42 Å². The highest BCUT2D eigenvalue weighted by Crippen LogP contribution is 2.75. The van der Waals surface area contributed by atoms with Crippen molar-refractivity contribution in [3.63, 3.8) is 0 Å². The van der Waals surface area contributed by atoms with Crippen molar-refractivity contribution in [1.29, 1.82) is 0 Å². The van der Waals surface area contributed by atoms with Crippen molar-refractivity contribution in [2.45, 2.75) is 124 Å². The Balaban J connectivity index is 1.46. The van der Waals surface area contributed by atoms with Crippen molar-refractivity contribution in [2.24, 2.45) is 45.3 Å². The third-order valence-electron chi connectivity index (χ3n) is 13.6. The number of likely N-dealkylation sites (tertiary alicyclic amines) is 1. The number of aliphatic carboxylic acids is 1. The molecule has 8 atom stereocenters. The summed E-state index contributed by atoms with van der Waals surface area (Å²) in [5.41, 5.74) is 0.738. The maximum Gasteiger partial charge on any atom is 0.303 e. The molecule has 204 valence electrons. The molecule has 5 rings (SSSR count). The number of carboxylic acids is 1. The topological polar surface area (TPSA) is 77.8 Å². The van der Waals surface area contributed by atoms with Crippen LogP contribution in [0.15, 0.2) is 0 Å². The Morgan fingerprint density at radius 1 is 0.778 bits per heavy atom. The van der Waals surface area contributed by atoms with Crippen LogP contribution in [0.2, 0.25) is 0 Å². The van der Waals surface area contributed by atoms with Gasteiger partial charge in [-0.1, -0.05) is 27.2 Å². The van der Waals surface area contributed by atoms with Gasteiger partial charge in [-0.2, -0.15) is 0 Å². The second kappa shape index (κ2) is 8.71. The molecule has 4 saturated carbocycles. The molecule has 0 radical (unpaired) electrons. The number of aliphatic hydroxyl groups is 1. The molecule has 5 nitrogen and oxygen atoms in total. The monoisotopic (exact) mass is 501 g/mol. The maximum absolute atomic E-state index is 13.2. The number of hydrogen-bond donors (Lipinski definition) is 2. The van der Waals surface area contributed by atoms with E-state index in [1.807, 2.05) is 0 Å². The number of aliphatic hydroxyl groups excluding tert-OH is 1. The number of fused-ring (bicyclic) bond motifs is 7. The van der Waals surface area contributed by atoms with Gasteiger partial charge >= 0.3 is 5.97 Å². The van der Waals surface area contributed by atoms with Gasteiger partial charge in [0.1, 0.15) is 0 Å². The van der Waals surface area contributed by atoms with Crippen LogP contribution in [-0.2, 0) is 9.59 Å². The predicted octanol–water partition coefficient (Wildman–Crippen LogP) is 6.28. The zero-order valence-corrected chi connectivity index (χ0v) is 23.6. The molecule has 1 saturated heterocycles. The van der Waals surface area contributed by atoms with Crippen LogP contribution in [0, 0.1) is 45.3 Å². The lowest BCUT2D eigenvalue weighted by Gasteiger charge is -2.71. The first kappa shape index (κ1) is 26.5. The zero-order chi connectivity index (χ0) is 26.1. The van der Waals surface area contributed by atoms with Crippen molar-refractivity contribution in [1.82, 2.24) is 4.90 Å². The van der Waals surface area contributed by atoms with Gasteiger partial charge in [0.25, 0.3) is 0 Å². The van der Waals surface area contributed by atoms with Crippen molar-refractivity contribution < 1.29 is 19.8 Å². The molecule has 5 aliphatic rings. The van der Waals surface area contributed by atoms with Crippen molar-refractivity contribution in [3.8, 4) is 0 Å². The van der Waals surface area contributed by atoms with Crippen LogP contribution in [-0.4, -0.2) is 45.7 Å². The van der Waals surface area contributed by atoms with Gasteiger partial charge in [-0.05, 0) is 123 Å². The molecule has 0 aromatic heterocycles. The molecule has 0 aromatic carbocycles. The van der Waals surface area contributed by atoms with Gasteiger partial charge in [-0.25, -0.2) is 0 Å².